The van der Waals surface area contributed by atoms with Gasteiger partial charge in [0, 0.05) is 34.4 Å². The van der Waals surface area contributed by atoms with Gasteiger partial charge in [-0.25, -0.2) is 0 Å². The van der Waals surface area contributed by atoms with Crippen LogP contribution in [-0.2, 0) is 0 Å². The third-order valence-electron chi connectivity index (χ3n) is 6.98. The van der Waals surface area contributed by atoms with Gasteiger partial charge in [0.2, 0.25) is 0 Å². The lowest BCUT2D eigenvalue weighted by Gasteiger charge is -2.18. The summed E-state index contributed by atoms with van der Waals surface area (Å²) in [5, 5.41) is 9.52. The minimum absolute atomic E-state index is 0.612. The Kier molecular flexibility index (Phi) is 7.54. The summed E-state index contributed by atoms with van der Waals surface area (Å²) in [6, 6.07) is 29.7. The van der Waals surface area contributed by atoms with Crippen LogP contribution in [0.2, 0.25) is 0 Å². The van der Waals surface area contributed by atoms with E-state index in [1.165, 1.54) is 76.2 Å². The maximum atomic E-state index is 3.78. The molecule has 1 aromatic heterocycles. The van der Waals surface area contributed by atoms with Crippen molar-refractivity contribution >= 4 is 22.7 Å². The molecule has 2 nitrogen and oxygen atoms in total. The van der Waals surface area contributed by atoms with Crippen molar-refractivity contribution in [2.45, 2.75) is 52.0 Å². The van der Waals surface area contributed by atoms with Crippen LogP contribution in [0.4, 0.5) is 11.4 Å². The first kappa shape index (κ1) is 23.7. The molecular weight excluding hydrogens is 444 g/mol. The molecule has 5 rings (SSSR count). The third-order valence-corrected chi connectivity index (χ3v) is 7.87. The standard InChI is InChI=1S/C32H36N2S/c1-23(2)19-20-33-26-17-15-24(16-18-26)29-12-6-13-30(32(29)31-14-7-21-35-31)25-8-5-11-28(22-25)34-27-9-3-4-10-27/h5-8,11-18,21-23,27,33-34H,3-4,9-10,19-20H2,1-2H3. The number of hydrogen-bond acceptors (Lipinski definition) is 3. The summed E-state index contributed by atoms with van der Waals surface area (Å²) in [5.41, 5.74) is 8.84. The summed E-state index contributed by atoms with van der Waals surface area (Å²) in [6.07, 6.45) is 6.42. The van der Waals surface area contributed by atoms with Crippen molar-refractivity contribution < 1.29 is 0 Å². The van der Waals surface area contributed by atoms with Crippen molar-refractivity contribution in [3.05, 3.63) is 84.2 Å². The molecule has 3 aromatic carbocycles. The average Bonchev–Trinajstić information content (AvgIpc) is 3.59. The van der Waals surface area contributed by atoms with Crippen LogP contribution in [0.3, 0.4) is 0 Å². The highest BCUT2D eigenvalue weighted by atomic mass is 32.1. The minimum Gasteiger partial charge on any atom is -0.385 e. The number of hydrogen-bond donors (Lipinski definition) is 2. The van der Waals surface area contributed by atoms with Crippen molar-refractivity contribution in [2.75, 3.05) is 17.2 Å². The molecule has 0 bridgehead atoms. The van der Waals surface area contributed by atoms with Crippen molar-refractivity contribution in [3.8, 4) is 32.7 Å². The molecule has 0 atom stereocenters. The number of rotatable bonds is 9. The summed E-state index contributed by atoms with van der Waals surface area (Å²) < 4.78 is 0. The van der Waals surface area contributed by atoms with Gasteiger partial charge in [-0.15, -0.1) is 11.3 Å². The highest BCUT2D eigenvalue weighted by Crippen LogP contribution is 2.42. The first-order valence-corrected chi connectivity index (χ1v) is 13.9. The zero-order valence-corrected chi connectivity index (χ0v) is 21.7. The van der Waals surface area contributed by atoms with Gasteiger partial charge in [0.25, 0.3) is 0 Å². The maximum Gasteiger partial charge on any atom is 0.0355 e. The molecule has 1 aliphatic rings. The van der Waals surface area contributed by atoms with Crippen LogP contribution in [0.1, 0.15) is 46.0 Å². The molecule has 4 aromatic rings. The third kappa shape index (κ3) is 5.79. The fourth-order valence-electron chi connectivity index (χ4n) is 5.07. The van der Waals surface area contributed by atoms with E-state index in [4.69, 9.17) is 0 Å². The predicted molar refractivity (Wildman–Crippen MR) is 154 cm³/mol. The molecule has 0 spiro atoms. The van der Waals surface area contributed by atoms with Gasteiger partial charge in [-0.1, -0.05) is 75.2 Å². The van der Waals surface area contributed by atoms with Gasteiger partial charge in [0.15, 0.2) is 0 Å². The molecule has 2 N–H and O–H groups in total. The molecule has 1 heterocycles. The number of anilines is 2. The first-order valence-electron chi connectivity index (χ1n) is 13.1. The zero-order valence-electron chi connectivity index (χ0n) is 20.9. The van der Waals surface area contributed by atoms with E-state index in [1.807, 2.05) is 11.3 Å². The molecule has 0 unspecified atom stereocenters. The Balaban J connectivity index is 1.49. The molecule has 180 valence electrons. The normalized spacial score (nSPS) is 13.9. The monoisotopic (exact) mass is 480 g/mol. The lowest BCUT2D eigenvalue weighted by atomic mass is 9.90. The fourth-order valence-corrected chi connectivity index (χ4v) is 5.87. The Hall–Kier alpha value is -3.04. The Morgan fingerprint density at radius 2 is 1.54 bits per heavy atom. The summed E-state index contributed by atoms with van der Waals surface area (Å²) in [6.45, 7) is 5.55. The smallest absolute Gasteiger partial charge is 0.0355 e. The molecule has 0 saturated heterocycles. The van der Waals surface area contributed by atoms with E-state index in [-0.39, 0.29) is 0 Å². The first-order chi connectivity index (χ1) is 17.2. The van der Waals surface area contributed by atoms with E-state index in [0.29, 0.717) is 12.0 Å². The quantitative estimate of drug-likeness (QED) is 0.249. The van der Waals surface area contributed by atoms with Crippen molar-refractivity contribution in [1.82, 2.24) is 0 Å². The van der Waals surface area contributed by atoms with E-state index < -0.39 is 0 Å². The molecule has 35 heavy (non-hydrogen) atoms. The van der Waals surface area contributed by atoms with Crippen LogP contribution in [0, 0.1) is 5.92 Å². The summed E-state index contributed by atoms with van der Waals surface area (Å²) >= 11 is 1.81. The maximum absolute atomic E-state index is 3.78. The Labute approximate surface area is 214 Å². The van der Waals surface area contributed by atoms with Crippen molar-refractivity contribution in [1.29, 1.82) is 0 Å². The molecular formula is C32H36N2S. The number of thiophene rings is 1. The Morgan fingerprint density at radius 1 is 0.800 bits per heavy atom. The van der Waals surface area contributed by atoms with Gasteiger partial charge < -0.3 is 10.6 Å². The summed E-state index contributed by atoms with van der Waals surface area (Å²) in [7, 11) is 0. The van der Waals surface area contributed by atoms with Gasteiger partial charge in [-0.2, -0.15) is 0 Å². The molecule has 3 heteroatoms. The predicted octanol–water partition coefficient (Wildman–Crippen LogP) is 9.56. The second-order valence-electron chi connectivity index (χ2n) is 10.1. The molecule has 0 radical (unpaired) electrons. The second-order valence-corrected chi connectivity index (χ2v) is 11.0. The van der Waals surface area contributed by atoms with Crippen LogP contribution in [-0.4, -0.2) is 12.6 Å². The molecule has 1 saturated carbocycles. The van der Waals surface area contributed by atoms with Crippen molar-refractivity contribution in [3.63, 3.8) is 0 Å². The fraction of sp³-hybridized carbons (Fsp3) is 0.312. The number of benzene rings is 3. The molecule has 0 amide bonds. The minimum atomic E-state index is 0.612. The molecule has 1 aliphatic carbocycles. The van der Waals surface area contributed by atoms with E-state index in [2.05, 4.69) is 109 Å². The molecule has 0 aliphatic heterocycles. The van der Waals surface area contributed by atoms with Gasteiger partial charge in [0.1, 0.15) is 0 Å². The van der Waals surface area contributed by atoms with Crippen LogP contribution >= 0.6 is 11.3 Å². The highest BCUT2D eigenvalue weighted by Gasteiger charge is 2.17. The second kappa shape index (κ2) is 11.1. The van der Waals surface area contributed by atoms with Crippen LogP contribution in [0.15, 0.2) is 84.2 Å². The Bertz CT molecular complexity index is 1220. The molecule has 1 fully saturated rings. The van der Waals surface area contributed by atoms with Gasteiger partial charge in [-0.3, -0.25) is 0 Å². The van der Waals surface area contributed by atoms with Gasteiger partial charge >= 0.3 is 0 Å². The van der Waals surface area contributed by atoms with E-state index in [1.54, 1.807) is 0 Å². The van der Waals surface area contributed by atoms with Crippen LogP contribution in [0.5, 0.6) is 0 Å². The lowest BCUT2D eigenvalue weighted by molar-refractivity contribution is 0.607. The zero-order chi connectivity index (χ0) is 24.0. The van der Waals surface area contributed by atoms with E-state index in [9.17, 15) is 0 Å². The topological polar surface area (TPSA) is 24.1 Å². The van der Waals surface area contributed by atoms with E-state index in [0.717, 1.165) is 6.54 Å². The van der Waals surface area contributed by atoms with Crippen molar-refractivity contribution in [2.24, 2.45) is 5.92 Å². The van der Waals surface area contributed by atoms with Crippen LogP contribution in [0.25, 0.3) is 32.7 Å². The van der Waals surface area contributed by atoms with E-state index >= 15 is 0 Å². The van der Waals surface area contributed by atoms with Crippen LogP contribution < -0.4 is 10.6 Å². The highest BCUT2D eigenvalue weighted by molar-refractivity contribution is 7.13. The SMILES string of the molecule is CC(C)CCNc1ccc(-c2cccc(-c3cccc(NC4CCCC4)c3)c2-c2cccs2)cc1. The largest absolute Gasteiger partial charge is 0.385 e. The Morgan fingerprint density at radius 3 is 2.26 bits per heavy atom. The average molecular weight is 481 g/mol. The lowest BCUT2D eigenvalue weighted by Crippen LogP contribution is -2.14. The van der Waals surface area contributed by atoms with Gasteiger partial charge in [0.05, 0.1) is 0 Å². The van der Waals surface area contributed by atoms with Gasteiger partial charge in [-0.05, 0) is 83.1 Å². The number of nitrogens with one attached hydrogen (secondary N) is 2. The summed E-state index contributed by atoms with van der Waals surface area (Å²) in [4.78, 5) is 1.31. The summed E-state index contributed by atoms with van der Waals surface area (Å²) in [5.74, 6) is 0.713.